The maximum Gasteiger partial charge on any atom is 0.469 e. The van der Waals surface area contributed by atoms with E-state index in [4.69, 9.17) is 9.79 Å². The van der Waals surface area contributed by atoms with Crippen LogP contribution in [0.3, 0.4) is 0 Å². The fourth-order valence-electron chi connectivity index (χ4n) is 2.84. The van der Waals surface area contributed by atoms with Crippen LogP contribution in [0.1, 0.15) is 49.1 Å². The smallest absolute Gasteiger partial charge is 0.303 e. The minimum atomic E-state index is -4.32. The van der Waals surface area contributed by atoms with E-state index >= 15 is 0 Å². The van der Waals surface area contributed by atoms with Gasteiger partial charge in [-0.25, -0.2) is 4.57 Å². The number of hydrogen-bond donors (Lipinski definition) is 2. The van der Waals surface area contributed by atoms with Crippen molar-refractivity contribution in [1.82, 2.24) is 0 Å². The van der Waals surface area contributed by atoms with Crippen molar-refractivity contribution in [1.29, 1.82) is 0 Å². The predicted molar refractivity (Wildman–Crippen MR) is 74.0 cm³/mol. The molecule has 106 valence electrons. The zero-order valence-electron chi connectivity index (χ0n) is 11.0. The first-order chi connectivity index (χ1) is 9.06. The number of hydrogen-bond acceptors (Lipinski definition) is 2. The Balaban J connectivity index is 1.91. The number of rotatable bonds is 6. The monoisotopic (exact) mass is 284 g/mol. The summed E-state index contributed by atoms with van der Waals surface area (Å²) in [6.07, 6.45) is 6.58. The third-order valence-corrected chi connectivity index (χ3v) is 4.22. The second-order valence-corrected chi connectivity index (χ2v) is 6.35. The molecule has 2 N–H and O–H groups in total. The molecule has 1 aliphatic rings. The molecule has 0 atom stereocenters. The number of aryl methyl sites for hydroxylation is 1. The van der Waals surface area contributed by atoms with E-state index in [1.807, 2.05) is 6.07 Å². The summed E-state index contributed by atoms with van der Waals surface area (Å²) < 4.78 is 15.1. The maximum absolute atomic E-state index is 10.6. The Labute approximate surface area is 114 Å². The average molecular weight is 284 g/mol. The van der Waals surface area contributed by atoms with Gasteiger partial charge in [-0.15, -0.1) is 0 Å². The first kappa shape index (κ1) is 14.7. The lowest BCUT2D eigenvalue weighted by Crippen LogP contribution is -2.01. The van der Waals surface area contributed by atoms with Gasteiger partial charge in [-0.1, -0.05) is 37.1 Å². The van der Waals surface area contributed by atoms with Gasteiger partial charge in [0.2, 0.25) is 0 Å². The second kappa shape index (κ2) is 6.67. The zero-order valence-corrected chi connectivity index (χ0v) is 11.9. The summed E-state index contributed by atoms with van der Waals surface area (Å²) in [4.78, 5) is 17.3. The van der Waals surface area contributed by atoms with Crippen LogP contribution < -0.4 is 0 Å². The van der Waals surface area contributed by atoms with Crippen molar-refractivity contribution in [3.8, 4) is 0 Å². The van der Waals surface area contributed by atoms with Gasteiger partial charge in [0.1, 0.15) is 0 Å². The van der Waals surface area contributed by atoms with E-state index in [0.717, 1.165) is 6.42 Å². The lowest BCUT2D eigenvalue weighted by Gasteiger charge is -2.15. The normalized spacial score (nSPS) is 16.9. The SMILES string of the molecule is O=P(O)(O)OCCCc1ccccc1C1CCCC1. The van der Waals surface area contributed by atoms with Gasteiger partial charge in [-0.05, 0) is 42.7 Å². The van der Waals surface area contributed by atoms with Crippen molar-refractivity contribution in [2.75, 3.05) is 6.61 Å². The lowest BCUT2D eigenvalue weighted by atomic mass is 9.91. The standard InChI is InChI=1S/C14H21O4P/c15-19(16,17)18-11-5-9-13-8-3-4-10-14(13)12-6-1-2-7-12/h3-4,8,10,12H,1-2,5-7,9,11H2,(H2,15,16,17). The van der Waals surface area contributed by atoms with Gasteiger partial charge >= 0.3 is 7.82 Å². The molecule has 19 heavy (non-hydrogen) atoms. The van der Waals surface area contributed by atoms with E-state index < -0.39 is 7.82 Å². The van der Waals surface area contributed by atoms with Gasteiger partial charge < -0.3 is 9.79 Å². The topological polar surface area (TPSA) is 66.8 Å². The Bertz CT molecular complexity index is 449. The van der Waals surface area contributed by atoms with Crippen LogP contribution in [0.5, 0.6) is 0 Å². The van der Waals surface area contributed by atoms with Crippen LogP contribution in [0.15, 0.2) is 24.3 Å². The molecular formula is C14H21O4P. The second-order valence-electron chi connectivity index (χ2n) is 5.11. The van der Waals surface area contributed by atoms with Gasteiger partial charge in [0, 0.05) is 0 Å². The Kier molecular flexibility index (Phi) is 5.17. The van der Waals surface area contributed by atoms with Gasteiger partial charge in [0.25, 0.3) is 0 Å². The van der Waals surface area contributed by atoms with Crippen molar-refractivity contribution in [3.63, 3.8) is 0 Å². The summed E-state index contributed by atoms with van der Waals surface area (Å²) in [5.74, 6) is 0.666. The molecule has 0 heterocycles. The van der Waals surface area contributed by atoms with E-state index in [-0.39, 0.29) is 6.61 Å². The van der Waals surface area contributed by atoms with Crippen LogP contribution in [-0.4, -0.2) is 16.4 Å². The van der Waals surface area contributed by atoms with E-state index in [2.05, 4.69) is 22.7 Å². The molecule has 0 amide bonds. The molecular weight excluding hydrogens is 263 g/mol. The molecule has 5 heteroatoms. The van der Waals surface area contributed by atoms with Gasteiger partial charge in [0.05, 0.1) is 6.61 Å². The summed E-state index contributed by atoms with van der Waals surface area (Å²) in [6, 6.07) is 8.40. The van der Waals surface area contributed by atoms with Crippen molar-refractivity contribution >= 4 is 7.82 Å². The third kappa shape index (κ3) is 4.73. The number of phosphoric ester groups is 1. The quantitative estimate of drug-likeness (QED) is 0.620. The Morgan fingerprint density at radius 3 is 2.58 bits per heavy atom. The predicted octanol–water partition coefficient (Wildman–Crippen LogP) is 3.39. The summed E-state index contributed by atoms with van der Waals surface area (Å²) >= 11 is 0. The van der Waals surface area contributed by atoms with Crippen LogP contribution in [0, 0.1) is 0 Å². The number of phosphoric acid groups is 1. The first-order valence-electron chi connectivity index (χ1n) is 6.84. The minimum Gasteiger partial charge on any atom is -0.303 e. The molecule has 4 nitrogen and oxygen atoms in total. The Hall–Kier alpha value is -0.670. The van der Waals surface area contributed by atoms with Crippen LogP contribution in [0.2, 0.25) is 0 Å². The van der Waals surface area contributed by atoms with E-state index in [9.17, 15) is 4.57 Å². The van der Waals surface area contributed by atoms with E-state index in [1.54, 1.807) is 0 Å². The van der Waals surface area contributed by atoms with E-state index in [0.29, 0.717) is 12.3 Å². The van der Waals surface area contributed by atoms with Crippen molar-refractivity contribution < 1.29 is 18.9 Å². The molecule has 0 aliphatic heterocycles. The van der Waals surface area contributed by atoms with E-state index in [1.165, 1.54) is 36.8 Å². The van der Waals surface area contributed by atoms with Gasteiger partial charge in [-0.3, -0.25) is 4.52 Å². The zero-order chi connectivity index (χ0) is 13.7. The summed E-state index contributed by atoms with van der Waals surface area (Å²) in [7, 11) is -4.32. The van der Waals surface area contributed by atoms with Crippen LogP contribution in [0.4, 0.5) is 0 Å². The van der Waals surface area contributed by atoms with Crippen LogP contribution in [0.25, 0.3) is 0 Å². The highest BCUT2D eigenvalue weighted by molar-refractivity contribution is 7.46. The van der Waals surface area contributed by atoms with Crippen molar-refractivity contribution in [2.24, 2.45) is 0 Å². The summed E-state index contributed by atoms with van der Waals surface area (Å²) in [5, 5.41) is 0. The Morgan fingerprint density at radius 1 is 1.21 bits per heavy atom. The molecule has 1 saturated carbocycles. The average Bonchev–Trinajstić information content (AvgIpc) is 2.88. The van der Waals surface area contributed by atoms with Crippen LogP contribution in [-0.2, 0) is 15.5 Å². The molecule has 0 unspecified atom stereocenters. The first-order valence-corrected chi connectivity index (χ1v) is 8.37. The fraction of sp³-hybridized carbons (Fsp3) is 0.571. The molecule has 1 aromatic carbocycles. The van der Waals surface area contributed by atoms with Crippen LogP contribution >= 0.6 is 7.82 Å². The highest BCUT2D eigenvalue weighted by atomic mass is 31.2. The van der Waals surface area contributed by atoms with Crippen molar-refractivity contribution in [3.05, 3.63) is 35.4 Å². The molecule has 0 bridgehead atoms. The summed E-state index contributed by atoms with van der Waals surface area (Å²) in [5.41, 5.74) is 2.71. The molecule has 1 fully saturated rings. The fourth-order valence-corrected chi connectivity index (χ4v) is 3.21. The maximum atomic E-state index is 10.6. The van der Waals surface area contributed by atoms with Crippen molar-refractivity contribution in [2.45, 2.75) is 44.4 Å². The molecule has 2 rings (SSSR count). The Morgan fingerprint density at radius 2 is 1.89 bits per heavy atom. The highest BCUT2D eigenvalue weighted by Crippen LogP contribution is 2.37. The highest BCUT2D eigenvalue weighted by Gasteiger charge is 2.19. The molecule has 0 spiro atoms. The third-order valence-electron chi connectivity index (χ3n) is 3.70. The molecule has 0 saturated heterocycles. The minimum absolute atomic E-state index is 0.100. The van der Waals surface area contributed by atoms with Gasteiger partial charge in [-0.2, -0.15) is 0 Å². The molecule has 1 aromatic rings. The lowest BCUT2D eigenvalue weighted by molar-refractivity contribution is 0.195. The largest absolute Gasteiger partial charge is 0.469 e. The van der Waals surface area contributed by atoms with Gasteiger partial charge in [0.15, 0.2) is 0 Å². The molecule has 0 radical (unpaired) electrons. The summed E-state index contributed by atoms with van der Waals surface area (Å²) in [6.45, 7) is 0.100. The number of benzene rings is 1. The molecule has 1 aliphatic carbocycles. The molecule has 0 aromatic heterocycles.